The number of hydrogen-bond donors (Lipinski definition) is 1. The van der Waals surface area contributed by atoms with Gasteiger partial charge in [-0.1, -0.05) is 30.6 Å². The van der Waals surface area contributed by atoms with Crippen molar-refractivity contribution in [1.29, 1.82) is 0 Å². The number of nitrogens with one attached hydrogen (secondary N) is 1. The van der Waals surface area contributed by atoms with Gasteiger partial charge in [0, 0.05) is 12.0 Å². The third kappa shape index (κ3) is 3.85. The number of anilines is 1. The number of fused-ring (bicyclic) bond motifs is 1. The molecule has 1 N–H and O–H groups in total. The summed E-state index contributed by atoms with van der Waals surface area (Å²) in [6.07, 6.45) is 10.0. The first kappa shape index (κ1) is 17.3. The molecule has 2 aliphatic carbocycles. The van der Waals surface area contributed by atoms with Crippen molar-refractivity contribution < 1.29 is 4.79 Å². The van der Waals surface area contributed by atoms with Crippen molar-refractivity contribution in [3.63, 3.8) is 0 Å². The Labute approximate surface area is 155 Å². The number of carbonyl (C=O) groups is 1. The third-order valence-electron chi connectivity index (χ3n) is 5.21. The monoisotopic (exact) mass is 373 g/mol. The molecule has 2 aliphatic rings. The topological polar surface area (TPSA) is 89.8 Å². The van der Waals surface area contributed by atoms with E-state index in [1.807, 2.05) is 0 Å². The lowest BCUT2D eigenvalue weighted by Crippen LogP contribution is -2.31. The summed E-state index contributed by atoms with van der Waals surface area (Å²) >= 11 is 1.44. The first-order valence-electron chi connectivity index (χ1n) is 9.42. The molecule has 0 aromatic carbocycles. The average Bonchev–Trinajstić information content (AvgIpc) is 3.11. The van der Waals surface area contributed by atoms with E-state index in [0.717, 1.165) is 54.8 Å². The van der Waals surface area contributed by atoms with E-state index in [2.05, 4.69) is 20.6 Å². The molecular weight excluding hydrogens is 350 g/mol. The summed E-state index contributed by atoms with van der Waals surface area (Å²) in [5.41, 5.74) is 1.75. The molecule has 26 heavy (non-hydrogen) atoms. The molecule has 0 radical (unpaired) electrons. The van der Waals surface area contributed by atoms with E-state index in [9.17, 15) is 9.59 Å². The molecule has 2 heterocycles. The molecule has 0 saturated heterocycles. The highest BCUT2D eigenvalue weighted by Crippen LogP contribution is 2.35. The van der Waals surface area contributed by atoms with E-state index in [-0.39, 0.29) is 18.0 Å². The lowest BCUT2D eigenvalue weighted by Gasteiger charge is -2.18. The van der Waals surface area contributed by atoms with Crippen LogP contribution in [0.4, 0.5) is 5.13 Å². The van der Waals surface area contributed by atoms with Crippen LogP contribution in [0, 0.1) is 0 Å². The number of rotatable bonds is 4. The van der Waals surface area contributed by atoms with Crippen LogP contribution in [0.1, 0.15) is 67.1 Å². The minimum absolute atomic E-state index is 0.0928. The second-order valence-electron chi connectivity index (χ2n) is 7.15. The summed E-state index contributed by atoms with van der Waals surface area (Å²) in [5.74, 6) is 0.179. The van der Waals surface area contributed by atoms with Gasteiger partial charge in [-0.05, 0) is 44.1 Å². The summed E-state index contributed by atoms with van der Waals surface area (Å²) in [6.45, 7) is -0.0928. The largest absolute Gasteiger partial charge is 0.299 e. The van der Waals surface area contributed by atoms with Crippen molar-refractivity contribution in [1.82, 2.24) is 20.0 Å². The Balaban J connectivity index is 1.41. The fraction of sp³-hybridized carbons (Fsp3) is 0.611. The van der Waals surface area contributed by atoms with Gasteiger partial charge in [0.15, 0.2) is 0 Å². The van der Waals surface area contributed by atoms with Crippen molar-refractivity contribution in [2.75, 3.05) is 5.32 Å². The van der Waals surface area contributed by atoms with Crippen molar-refractivity contribution in [2.45, 2.75) is 70.3 Å². The fourth-order valence-corrected chi connectivity index (χ4v) is 4.74. The van der Waals surface area contributed by atoms with Gasteiger partial charge in [-0.15, -0.1) is 10.2 Å². The highest BCUT2D eigenvalue weighted by atomic mass is 32.1. The predicted octanol–water partition coefficient (Wildman–Crippen LogP) is 2.66. The van der Waals surface area contributed by atoms with Crippen LogP contribution in [0.3, 0.4) is 0 Å². The number of carbonyl (C=O) groups excluding carboxylic acids is 1. The second kappa shape index (κ2) is 7.65. The molecule has 1 fully saturated rings. The van der Waals surface area contributed by atoms with Crippen LogP contribution in [0.15, 0.2) is 10.9 Å². The molecule has 0 aliphatic heterocycles. The highest BCUT2D eigenvalue weighted by Gasteiger charge is 2.20. The van der Waals surface area contributed by atoms with Gasteiger partial charge in [0.25, 0.3) is 5.56 Å². The number of aryl methyl sites for hydroxylation is 2. The molecule has 2 aromatic heterocycles. The quantitative estimate of drug-likeness (QED) is 0.890. The van der Waals surface area contributed by atoms with Crippen LogP contribution in [0.2, 0.25) is 0 Å². The van der Waals surface area contributed by atoms with Crippen molar-refractivity contribution in [3.05, 3.63) is 32.7 Å². The Kier molecular flexibility index (Phi) is 5.10. The fourth-order valence-electron chi connectivity index (χ4n) is 3.81. The van der Waals surface area contributed by atoms with E-state index in [0.29, 0.717) is 11.0 Å². The van der Waals surface area contributed by atoms with E-state index in [1.54, 1.807) is 6.07 Å². The van der Waals surface area contributed by atoms with Gasteiger partial charge >= 0.3 is 0 Å². The molecule has 138 valence electrons. The van der Waals surface area contributed by atoms with Crippen molar-refractivity contribution in [3.8, 4) is 0 Å². The molecule has 7 nitrogen and oxygen atoms in total. The summed E-state index contributed by atoms with van der Waals surface area (Å²) in [4.78, 5) is 24.5. The molecule has 0 unspecified atom stereocenters. The van der Waals surface area contributed by atoms with Crippen molar-refractivity contribution in [2.24, 2.45) is 0 Å². The maximum atomic E-state index is 12.3. The number of aromatic nitrogens is 4. The zero-order chi connectivity index (χ0) is 17.9. The van der Waals surface area contributed by atoms with Gasteiger partial charge in [0.05, 0.1) is 5.69 Å². The predicted molar refractivity (Wildman–Crippen MR) is 99.5 cm³/mol. The minimum Gasteiger partial charge on any atom is -0.299 e. The maximum Gasteiger partial charge on any atom is 0.267 e. The first-order chi connectivity index (χ1) is 12.7. The zero-order valence-electron chi connectivity index (χ0n) is 14.7. The van der Waals surface area contributed by atoms with Crippen LogP contribution < -0.4 is 10.9 Å². The van der Waals surface area contributed by atoms with Gasteiger partial charge in [-0.2, -0.15) is 5.10 Å². The Hall–Kier alpha value is -2.09. The normalized spacial score (nSPS) is 17.7. The molecule has 2 aromatic rings. The van der Waals surface area contributed by atoms with Crippen LogP contribution >= 0.6 is 11.3 Å². The maximum absolute atomic E-state index is 12.3. The van der Waals surface area contributed by atoms with Crippen LogP contribution in [0.25, 0.3) is 0 Å². The highest BCUT2D eigenvalue weighted by molar-refractivity contribution is 7.15. The van der Waals surface area contributed by atoms with E-state index in [4.69, 9.17) is 0 Å². The van der Waals surface area contributed by atoms with Gasteiger partial charge in [0.1, 0.15) is 11.6 Å². The van der Waals surface area contributed by atoms with E-state index in [1.165, 1.54) is 35.3 Å². The zero-order valence-corrected chi connectivity index (χ0v) is 15.6. The number of nitrogens with zero attached hydrogens (tertiary/aromatic N) is 4. The van der Waals surface area contributed by atoms with E-state index >= 15 is 0 Å². The molecule has 0 bridgehead atoms. The van der Waals surface area contributed by atoms with Crippen LogP contribution in [-0.4, -0.2) is 25.9 Å². The molecule has 8 heteroatoms. The SMILES string of the molecule is O=C(Cn1nc2c(cc1=O)CCCC2)Nc1nnc(C2CCCCC2)s1. The third-order valence-corrected chi connectivity index (χ3v) is 6.21. The van der Waals surface area contributed by atoms with Gasteiger partial charge in [-0.3, -0.25) is 14.9 Å². The summed E-state index contributed by atoms with van der Waals surface area (Å²) in [5, 5.41) is 17.0. The average molecular weight is 373 g/mol. The Morgan fingerprint density at radius 2 is 1.96 bits per heavy atom. The standard InChI is InChI=1S/C18H23N5O2S/c24-15(11-23-16(25)10-13-8-4-5-9-14(13)22-23)19-18-21-20-17(26-18)12-6-2-1-3-7-12/h10,12H,1-9,11H2,(H,19,21,24). The number of amides is 1. The second-order valence-corrected chi connectivity index (χ2v) is 8.16. The molecular formula is C18H23N5O2S. The smallest absolute Gasteiger partial charge is 0.267 e. The Morgan fingerprint density at radius 1 is 1.15 bits per heavy atom. The lowest BCUT2D eigenvalue weighted by molar-refractivity contribution is -0.117. The molecule has 1 amide bonds. The van der Waals surface area contributed by atoms with Crippen molar-refractivity contribution >= 4 is 22.4 Å². The summed E-state index contributed by atoms with van der Waals surface area (Å²) < 4.78 is 1.25. The molecule has 0 spiro atoms. The molecule has 1 saturated carbocycles. The summed E-state index contributed by atoms with van der Waals surface area (Å²) in [6, 6.07) is 1.63. The number of hydrogen-bond acceptors (Lipinski definition) is 6. The van der Waals surface area contributed by atoms with Gasteiger partial charge < -0.3 is 0 Å². The van der Waals surface area contributed by atoms with E-state index < -0.39 is 0 Å². The lowest BCUT2D eigenvalue weighted by atomic mass is 9.90. The van der Waals surface area contributed by atoms with Crippen LogP contribution in [-0.2, 0) is 24.2 Å². The minimum atomic E-state index is -0.290. The first-order valence-corrected chi connectivity index (χ1v) is 10.2. The summed E-state index contributed by atoms with van der Waals surface area (Å²) in [7, 11) is 0. The molecule has 4 rings (SSSR count). The Bertz CT molecular complexity index is 854. The van der Waals surface area contributed by atoms with Gasteiger partial charge in [0.2, 0.25) is 11.0 Å². The van der Waals surface area contributed by atoms with Crippen LogP contribution in [0.5, 0.6) is 0 Å². The molecule has 0 atom stereocenters. The van der Waals surface area contributed by atoms with Gasteiger partial charge in [-0.25, -0.2) is 4.68 Å². The Morgan fingerprint density at radius 3 is 2.81 bits per heavy atom.